The van der Waals surface area contributed by atoms with Crippen molar-refractivity contribution in [3.8, 4) is 0 Å². The van der Waals surface area contributed by atoms with Crippen molar-refractivity contribution in [3.63, 3.8) is 0 Å². The van der Waals surface area contributed by atoms with Gasteiger partial charge in [-0.1, -0.05) is 0 Å². The fraction of sp³-hybridized carbons (Fsp3) is 0.500. The third kappa shape index (κ3) is 2.79. The summed E-state index contributed by atoms with van der Waals surface area (Å²) in [4.78, 5) is 10.5. The standard InChI is InChI=1S/C8H12N2O4S/c1-6(8(11)12)15(13,14)5-7-3-4-10(2)9-7/h3-4,6H,5H2,1-2H3,(H,11,12). The molecule has 84 valence electrons. The maximum absolute atomic E-state index is 11.5. The molecule has 0 amide bonds. The van der Waals surface area contributed by atoms with Gasteiger partial charge in [0.1, 0.15) is 0 Å². The number of aryl methyl sites for hydroxylation is 1. The first-order chi connectivity index (χ1) is 6.83. The smallest absolute Gasteiger partial charge is 0.321 e. The fourth-order valence-corrected chi connectivity index (χ4v) is 2.15. The van der Waals surface area contributed by atoms with Crippen LogP contribution < -0.4 is 0 Å². The zero-order valence-electron chi connectivity index (χ0n) is 8.41. The molecule has 0 spiro atoms. The summed E-state index contributed by atoms with van der Waals surface area (Å²) in [6.45, 7) is 1.15. The van der Waals surface area contributed by atoms with Crippen LogP contribution in [0.1, 0.15) is 12.6 Å². The van der Waals surface area contributed by atoms with E-state index in [-0.39, 0.29) is 5.75 Å². The second kappa shape index (κ2) is 4.01. The van der Waals surface area contributed by atoms with Gasteiger partial charge in [0.15, 0.2) is 15.1 Å². The molecule has 7 heteroatoms. The van der Waals surface area contributed by atoms with Gasteiger partial charge in [-0.15, -0.1) is 0 Å². The van der Waals surface area contributed by atoms with Crippen LogP contribution in [0.2, 0.25) is 0 Å². The van der Waals surface area contributed by atoms with Crippen molar-refractivity contribution < 1.29 is 18.3 Å². The highest BCUT2D eigenvalue weighted by Gasteiger charge is 2.28. The molecule has 15 heavy (non-hydrogen) atoms. The Labute approximate surface area is 87.4 Å². The Kier molecular flexibility index (Phi) is 3.13. The van der Waals surface area contributed by atoms with Gasteiger partial charge in [0.2, 0.25) is 0 Å². The first-order valence-corrected chi connectivity index (χ1v) is 5.97. The molecule has 1 aromatic rings. The second-order valence-corrected chi connectivity index (χ2v) is 5.59. The van der Waals surface area contributed by atoms with Crippen molar-refractivity contribution in [1.82, 2.24) is 9.78 Å². The van der Waals surface area contributed by atoms with Crippen LogP contribution in [0.5, 0.6) is 0 Å². The third-order valence-electron chi connectivity index (χ3n) is 2.00. The van der Waals surface area contributed by atoms with E-state index in [1.54, 1.807) is 19.3 Å². The third-order valence-corrected chi connectivity index (χ3v) is 3.98. The Morgan fingerprint density at radius 3 is 2.67 bits per heavy atom. The van der Waals surface area contributed by atoms with Gasteiger partial charge >= 0.3 is 5.97 Å². The van der Waals surface area contributed by atoms with Crippen molar-refractivity contribution in [1.29, 1.82) is 0 Å². The Morgan fingerprint density at radius 1 is 1.67 bits per heavy atom. The molecule has 0 saturated carbocycles. The lowest BCUT2D eigenvalue weighted by Crippen LogP contribution is -2.28. The Hall–Kier alpha value is -1.37. The van der Waals surface area contributed by atoms with E-state index in [9.17, 15) is 13.2 Å². The summed E-state index contributed by atoms with van der Waals surface area (Å²) in [6.07, 6.45) is 1.61. The minimum atomic E-state index is -3.67. The Morgan fingerprint density at radius 2 is 2.27 bits per heavy atom. The number of carboxylic acids is 1. The first kappa shape index (κ1) is 11.7. The zero-order valence-corrected chi connectivity index (χ0v) is 9.23. The summed E-state index contributed by atoms with van der Waals surface area (Å²) in [5.74, 6) is -1.69. The average molecular weight is 232 g/mol. The highest BCUT2D eigenvalue weighted by Crippen LogP contribution is 2.09. The van der Waals surface area contributed by atoms with E-state index in [2.05, 4.69) is 5.10 Å². The Bertz CT molecular complexity index is 463. The quantitative estimate of drug-likeness (QED) is 0.777. The molecule has 0 saturated heterocycles. The topological polar surface area (TPSA) is 89.3 Å². The minimum absolute atomic E-state index is 0.346. The van der Waals surface area contributed by atoms with E-state index in [1.807, 2.05) is 0 Å². The lowest BCUT2D eigenvalue weighted by atomic mass is 10.5. The number of carbonyl (C=O) groups is 1. The number of nitrogens with zero attached hydrogens (tertiary/aromatic N) is 2. The highest BCUT2D eigenvalue weighted by atomic mass is 32.2. The maximum atomic E-state index is 11.5. The van der Waals surface area contributed by atoms with E-state index in [0.29, 0.717) is 5.69 Å². The first-order valence-electron chi connectivity index (χ1n) is 4.26. The van der Waals surface area contributed by atoms with Crippen LogP contribution in [0.15, 0.2) is 12.3 Å². The number of rotatable bonds is 4. The van der Waals surface area contributed by atoms with Gasteiger partial charge < -0.3 is 5.11 Å². The van der Waals surface area contributed by atoms with Crippen LogP contribution in [-0.4, -0.2) is 34.5 Å². The van der Waals surface area contributed by atoms with Crippen LogP contribution in [0.3, 0.4) is 0 Å². The summed E-state index contributed by atoms with van der Waals surface area (Å²) in [5, 5.41) is 11.1. The number of aromatic nitrogens is 2. The van der Waals surface area contributed by atoms with Crippen LogP contribution >= 0.6 is 0 Å². The van der Waals surface area contributed by atoms with E-state index in [0.717, 1.165) is 6.92 Å². The van der Waals surface area contributed by atoms with E-state index < -0.39 is 21.1 Å². The molecule has 1 atom stereocenters. The van der Waals surface area contributed by atoms with Gasteiger partial charge in [-0.05, 0) is 13.0 Å². The summed E-state index contributed by atoms with van der Waals surface area (Å²) < 4.78 is 24.5. The zero-order chi connectivity index (χ0) is 11.6. The molecule has 0 radical (unpaired) electrons. The molecular weight excluding hydrogens is 220 g/mol. The largest absolute Gasteiger partial charge is 0.480 e. The van der Waals surface area contributed by atoms with Crippen LogP contribution in [0.4, 0.5) is 0 Å². The Balaban J connectivity index is 2.86. The molecule has 0 bridgehead atoms. The van der Waals surface area contributed by atoms with Crippen molar-refractivity contribution in [3.05, 3.63) is 18.0 Å². The normalized spacial score (nSPS) is 13.7. The van der Waals surface area contributed by atoms with Crippen LogP contribution in [0.25, 0.3) is 0 Å². The van der Waals surface area contributed by atoms with Gasteiger partial charge in [0.05, 0.1) is 11.4 Å². The van der Waals surface area contributed by atoms with Crippen molar-refractivity contribution >= 4 is 15.8 Å². The average Bonchev–Trinajstić information content (AvgIpc) is 2.48. The number of hydrogen-bond donors (Lipinski definition) is 1. The molecule has 0 fully saturated rings. The predicted octanol–water partition coefficient (Wildman–Crippen LogP) is -0.192. The van der Waals surface area contributed by atoms with Gasteiger partial charge in [-0.3, -0.25) is 9.48 Å². The maximum Gasteiger partial charge on any atom is 0.321 e. The molecular formula is C8H12N2O4S. The fourth-order valence-electron chi connectivity index (χ4n) is 1.02. The molecule has 6 nitrogen and oxygen atoms in total. The van der Waals surface area contributed by atoms with Crippen molar-refractivity contribution in [2.45, 2.75) is 17.9 Å². The minimum Gasteiger partial charge on any atom is -0.480 e. The van der Waals surface area contributed by atoms with E-state index >= 15 is 0 Å². The lowest BCUT2D eigenvalue weighted by Gasteiger charge is -2.06. The summed E-state index contributed by atoms with van der Waals surface area (Å²) in [6, 6.07) is 1.55. The molecule has 1 unspecified atom stereocenters. The molecule has 0 aliphatic carbocycles. The summed E-state index contributed by atoms with van der Waals surface area (Å²) in [7, 11) is -2.01. The summed E-state index contributed by atoms with van der Waals surface area (Å²) >= 11 is 0. The number of sulfone groups is 1. The van der Waals surface area contributed by atoms with Crippen LogP contribution in [0, 0.1) is 0 Å². The molecule has 1 N–H and O–H groups in total. The van der Waals surface area contributed by atoms with Gasteiger partial charge in [-0.2, -0.15) is 5.10 Å². The lowest BCUT2D eigenvalue weighted by molar-refractivity contribution is -0.136. The molecule has 1 heterocycles. The molecule has 1 rings (SSSR count). The van der Waals surface area contributed by atoms with Crippen molar-refractivity contribution in [2.24, 2.45) is 7.05 Å². The highest BCUT2D eigenvalue weighted by molar-refractivity contribution is 7.91. The number of hydrogen-bond acceptors (Lipinski definition) is 4. The molecule has 1 aromatic heterocycles. The summed E-state index contributed by atoms with van der Waals surface area (Å²) in [5.41, 5.74) is 0.352. The van der Waals surface area contributed by atoms with Crippen LogP contribution in [-0.2, 0) is 27.4 Å². The monoisotopic (exact) mass is 232 g/mol. The van der Waals surface area contributed by atoms with Gasteiger partial charge in [-0.25, -0.2) is 8.42 Å². The molecule has 0 aromatic carbocycles. The van der Waals surface area contributed by atoms with Gasteiger partial charge in [0, 0.05) is 13.2 Å². The van der Waals surface area contributed by atoms with Crippen molar-refractivity contribution in [2.75, 3.05) is 0 Å². The molecule has 0 aliphatic heterocycles. The SMILES string of the molecule is CC(C(=O)O)S(=O)(=O)Cc1ccn(C)n1. The number of aliphatic carboxylic acids is 1. The molecule has 0 aliphatic rings. The van der Waals surface area contributed by atoms with E-state index in [4.69, 9.17) is 5.11 Å². The van der Waals surface area contributed by atoms with Gasteiger partial charge in [0.25, 0.3) is 0 Å². The van der Waals surface area contributed by atoms with E-state index in [1.165, 1.54) is 4.68 Å². The number of carboxylic acid groups (broad SMARTS) is 1. The second-order valence-electron chi connectivity index (χ2n) is 3.27. The predicted molar refractivity (Wildman–Crippen MR) is 52.9 cm³/mol.